The fraction of sp³-hybridized carbons (Fsp3) is 0.222. The Hall–Kier alpha value is -1.33. The maximum Gasteiger partial charge on any atom is 1.00 e. The molecule has 6 heteroatoms. The van der Waals surface area contributed by atoms with Crippen LogP contribution < -0.4 is 34.3 Å². The van der Waals surface area contributed by atoms with E-state index in [4.69, 9.17) is 21.4 Å². The van der Waals surface area contributed by atoms with Gasteiger partial charge in [0.05, 0.1) is 6.42 Å². The van der Waals surface area contributed by atoms with Crippen molar-refractivity contribution in [3.8, 4) is 5.75 Å². The molecule has 1 N–H and O–H groups in total. The Labute approximate surface area is 169 Å². The molecule has 0 aliphatic carbocycles. The fourth-order valence-corrected chi connectivity index (χ4v) is 2.29. The number of carboxylic acid groups (broad SMARTS) is 1. The van der Waals surface area contributed by atoms with Gasteiger partial charge in [0.2, 0.25) is 0 Å². The summed E-state index contributed by atoms with van der Waals surface area (Å²) in [6.07, 6.45) is -0.113. The Kier molecular flexibility index (Phi) is 7.49. The monoisotopic (exact) mass is 356 g/mol. The van der Waals surface area contributed by atoms with E-state index in [0.29, 0.717) is 21.9 Å². The van der Waals surface area contributed by atoms with Crippen molar-refractivity contribution >= 4 is 23.4 Å². The molecule has 4 nitrogen and oxygen atoms in total. The van der Waals surface area contributed by atoms with E-state index in [1.165, 1.54) is 0 Å². The van der Waals surface area contributed by atoms with Crippen LogP contribution in [-0.2, 0) is 4.79 Å². The second-order valence-corrected chi connectivity index (χ2v) is 6.23. The SMILES string of the molecule is CC(C)(CC(=O)O)Oc1ccc(C(=O)c2ccc(Cl)cc2)cc1.[H-].[Na+]. The fourth-order valence-electron chi connectivity index (χ4n) is 2.16. The Morgan fingerprint density at radius 1 is 1.04 bits per heavy atom. The number of halogens is 1. The van der Waals surface area contributed by atoms with Crippen LogP contribution in [0.1, 0.15) is 37.6 Å². The Morgan fingerprint density at radius 3 is 1.96 bits per heavy atom. The van der Waals surface area contributed by atoms with Crippen LogP contribution in [0.5, 0.6) is 5.75 Å². The van der Waals surface area contributed by atoms with E-state index in [-0.39, 0.29) is 43.2 Å². The Bertz CT molecular complexity index is 715. The van der Waals surface area contributed by atoms with E-state index >= 15 is 0 Å². The van der Waals surface area contributed by atoms with Crippen LogP contribution in [0.4, 0.5) is 0 Å². The summed E-state index contributed by atoms with van der Waals surface area (Å²) >= 11 is 5.81. The van der Waals surface area contributed by atoms with Crippen molar-refractivity contribution in [3.05, 3.63) is 64.7 Å². The normalized spacial score (nSPS) is 10.6. The summed E-state index contributed by atoms with van der Waals surface area (Å²) in [5.74, 6) is -0.522. The summed E-state index contributed by atoms with van der Waals surface area (Å²) in [6, 6.07) is 13.3. The van der Waals surface area contributed by atoms with Gasteiger partial charge in [-0.25, -0.2) is 0 Å². The molecule has 122 valence electrons. The molecule has 0 spiro atoms. The van der Waals surface area contributed by atoms with Gasteiger partial charge in [0.1, 0.15) is 11.4 Å². The standard InChI is InChI=1S/C18H17ClO4.Na.H/c1-18(2,11-16(20)21)23-15-9-5-13(6-10-15)17(22)12-3-7-14(19)8-4-12;;/h3-10H,11H2,1-2H3,(H,20,21);;/q;+1;-1. The quantitative estimate of drug-likeness (QED) is 0.626. The number of carbonyl (C=O) groups is 2. The molecule has 0 heterocycles. The van der Waals surface area contributed by atoms with Gasteiger partial charge < -0.3 is 11.3 Å². The van der Waals surface area contributed by atoms with E-state index in [1.807, 2.05) is 0 Å². The van der Waals surface area contributed by atoms with Crippen molar-refractivity contribution in [2.75, 3.05) is 0 Å². The second kappa shape index (κ2) is 8.67. The first-order valence-corrected chi connectivity index (χ1v) is 7.46. The molecule has 24 heavy (non-hydrogen) atoms. The van der Waals surface area contributed by atoms with Gasteiger partial charge in [0.25, 0.3) is 0 Å². The first-order valence-electron chi connectivity index (χ1n) is 7.08. The van der Waals surface area contributed by atoms with Gasteiger partial charge in [-0.15, -0.1) is 0 Å². The average Bonchev–Trinajstić information content (AvgIpc) is 2.46. The summed E-state index contributed by atoms with van der Waals surface area (Å²) in [4.78, 5) is 23.1. The largest absolute Gasteiger partial charge is 1.00 e. The van der Waals surface area contributed by atoms with Crippen molar-refractivity contribution in [2.24, 2.45) is 0 Å². The van der Waals surface area contributed by atoms with Gasteiger partial charge in [-0.05, 0) is 62.4 Å². The maximum absolute atomic E-state index is 12.3. The van der Waals surface area contributed by atoms with Gasteiger partial charge in [0, 0.05) is 16.1 Å². The molecule has 0 saturated heterocycles. The number of hydrogen-bond donors (Lipinski definition) is 1. The number of ketones is 1. The minimum absolute atomic E-state index is 0. The topological polar surface area (TPSA) is 63.6 Å². The van der Waals surface area contributed by atoms with Gasteiger partial charge in [0.15, 0.2) is 5.78 Å². The molecular weight excluding hydrogens is 339 g/mol. The van der Waals surface area contributed by atoms with E-state index in [0.717, 1.165) is 0 Å². The molecule has 0 fully saturated rings. The number of rotatable bonds is 6. The Balaban J connectivity index is 0.00000288. The zero-order valence-corrected chi connectivity index (χ0v) is 16.6. The molecule has 0 aromatic heterocycles. The first kappa shape index (κ1) is 20.7. The molecule has 2 aromatic rings. The van der Waals surface area contributed by atoms with Crippen molar-refractivity contribution in [2.45, 2.75) is 25.9 Å². The van der Waals surface area contributed by atoms with Gasteiger partial charge in [-0.3, -0.25) is 9.59 Å². The third-order valence-corrected chi connectivity index (χ3v) is 3.45. The third-order valence-electron chi connectivity index (χ3n) is 3.19. The van der Waals surface area contributed by atoms with Crippen LogP contribution in [0.3, 0.4) is 0 Å². The minimum Gasteiger partial charge on any atom is -1.00 e. The predicted molar refractivity (Wildman–Crippen MR) is 89.4 cm³/mol. The molecule has 0 aliphatic heterocycles. The number of carbonyl (C=O) groups excluding carboxylic acids is 1. The van der Waals surface area contributed by atoms with Gasteiger partial charge in [-0.1, -0.05) is 11.6 Å². The molecule has 0 unspecified atom stereocenters. The number of hydrogen-bond acceptors (Lipinski definition) is 3. The van der Waals surface area contributed by atoms with Crippen molar-refractivity contribution in [1.29, 1.82) is 0 Å². The zero-order chi connectivity index (χ0) is 17.0. The molecular formula is C18H18ClNaO4. The van der Waals surface area contributed by atoms with Crippen molar-refractivity contribution in [3.63, 3.8) is 0 Å². The van der Waals surface area contributed by atoms with Crippen LogP contribution in [0.25, 0.3) is 0 Å². The van der Waals surface area contributed by atoms with Crippen LogP contribution in [0, 0.1) is 0 Å². The van der Waals surface area contributed by atoms with Crippen molar-refractivity contribution < 1.29 is 50.4 Å². The smallest absolute Gasteiger partial charge is 1.00 e. The maximum atomic E-state index is 12.3. The molecule has 2 rings (SSSR count). The van der Waals surface area contributed by atoms with Crippen molar-refractivity contribution in [1.82, 2.24) is 0 Å². The van der Waals surface area contributed by atoms with E-state index < -0.39 is 11.6 Å². The first-order chi connectivity index (χ1) is 10.8. The summed E-state index contributed by atoms with van der Waals surface area (Å²) in [5, 5.41) is 9.43. The number of aliphatic carboxylic acids is 1. The predicted octanol–water partition coefficient (Wildman–Crippen LogP) is 1.32. The number of ether oxygens (including phenoxy) is 1. The van der Waals surface area contributed by atoms with E-state index in [2.05, 4.69) is 0 Å². The summed E-state index contributed by atoms with van der Waals surface area (Å²) in [6.45, 7) is 3.40. The number of carboxylic acids is 1. The summed E-state index contributed by atoms with van der Waals surface area (Å²) in [7, 11) is 0. The van der Waals surface area contributed by atoms with Crippen LogP contribution >= 0.6 is 11.6 Å². The summed E-state index contributed by atoms with van der Waals surface area (Å²) in [5.41, 5.74) is 0.248. The third kappa shape index (κ3) is 5.95. The summed E-state index contributed by atoms with van der Waals surface area (Å²) < 4.78 is 5.66. The molecule has 0 amide bonds. The van der Waals surface area contributed by atoms with Gasteiger partial charge in [-0.2, -0.15) is 0 Å². The Morgan fingerprint density at radius 2 is 1.50 bits per heavy atom. The molecule has 0 atom stereocenters. The average molecular weight is 357 g/mol. The minimum atomic E-state index is -0.926. The van der Waals surface area contributed by atoms with E-state index in [1.54, 1.807) is 62.4 Å². The van der Waals surface area contributed by atoms with Gasteiger partial charge >= 0.3 is 35.5 Å². The second-order valence-electron chi connectivity index (χ2n) is 5.79. The molecule has 0 saturated carbocycles. The molecule has 0 radical (unpaired) electrons. The van der Waals surface area contributed by atoms with Crippen LogP contribution in [0.2, 0.25) is 5.02 Å². The molecule has 0 aliphatic rings. The molecule has 2 aromatic carbocycles. The number of benzene rings is 2. The molecule has 0 bridgehead atoms. The zero-order valence-electron chi connectivity index (χ0n) is 14.9. The van der Waals surface area contributed by atoms with Crippen LogP contribution in [0.15, 0.2) is 48.5 Å². The van der Waals surface area contributed by atoms with E-state index in [9.17, 15) is 9.59 Å². The van der Waals surface area contributed by atoms with Crippen LogP contribution in [-0.4, -0.2) is 22.5 Å².